The molecule has 0 aliphatic heterocycles. The fourth-order valence-electron chi connectivity index (χ4n) is 2.64. The van der Waals surface area contributed by atoms with Gasteiger partial charge in [0.2, 0.25) is 0 Å². The third-order valence-electron chi connectivity index (χ3n) is 3.96. The van der Waals surface area contributed by atoms with Crippen LogP contribution < -0.4 is 5.32 Å². The molecule has 0 aliphatic rings. The molecule has 6 nitrogen and oxygen atoms in total. The Morgan fingerprint density at radius 3 is 2.68 bits per heavy atom. The smallest absolute Gasteiger partial charge is 0.184 e. The number of H-pyrrole nitrogens is 1. The number of rotatable bonds is 4. The summed E-state index contributed by atoms with van der Waals surface area (Å²) in [5.74, 6) is 1.57. The first-order valence-electron chi connectivity index (χ1n) is 7.82. The van der Waals surface area contributed by atoms with Crippen molar-refractivity contribution in [3.8, 4) is 11.4 Å². The van der Waals surface area contributed by atoms with Crippen molar-refractivity contribution < 1.29 is 4.39 Å². The summed E-state index contributed by atoms with van der Waals surface area (Å²) in [6.07, 6.45) is 0. The monoisotopic (exact) mass is 334 g/mol. The molecular formula is C18H15FN6. The number of benzene rings is 2. The maximum Gasteiger partial charge on any atom is 0.184 e. The Morgan fingerprint density at radius 1 is 1.00 bits per heavy atom. The minimum absolute atomic E-state index is 0.376. The zero-order chi connectivity index (χ0) is 17.2. The van der Waals surface area contributed by atoms with Gasteiger partial charge in [-0.15, -0.1) is 10.2 Å². The lowest BCUT2D eigenvalue weighted by atomic mass is 10.1. The minimum Gasteiger partial charge on any atom is -0.321 e. The predicted molar refractivity (Wildman–Crippen MR) is 94.2 cm³/mol. The molecule has 0 saturated heterocycles. The van der Waals surface area contributed by atoms with E-state index in [4.69, 9.17) is 0 Å². The van der Waals surface area contributed by atoms with E-state index in [0.717, 1.165) is 10.9 Å². The second-order valence-corrected chi connectivity index (χ2v) is 5.60. The van der Waals surface area contributed by atoms with E-state index in [1.807, 2.05) is 37.3 Å². The summed E-state index contributed by atoms with van der Waals surface area (Å²) in [5.41, 5.74) is 2.72. The van der Waals surface area contributed by atoms with Crippen molar-refractivity contribution >= 4 is 22.5 Å². The average molecular weight is 334 g/mol. The van der Waals surface area contributed by atoms with Gasteiger partial charge in [-0.3, -0.25) is 5.10 Å². The number of fused-ring (bicyclic) bond motifs is 1. The molecule has 0 spiro atoms. The number of halogens is 1. The summed E-state index contributed by atoms with van der Waals surface area (Å²) in [7, 11) is 0. The van der Waals surface area contributed by atoms with Crippen LogP contribution in [0.25, 0.3) is 22.3 Å². The number of anilines is 2. The van der Waals surface area contributed by atoms with Gasteiger partial charge in [-0.1, -0.05) is 36.4 Å². The molecule has 2 aromatic heterocycles. The van der Waals surface area contributed by atoms with E-state index >= 15 is 0 Å². The van der Waals surface area contributed by atoms with Crippen molar-refractivity contribution in [2.24, 2.45) is 0 Å². The highest BCUT2D eigenvalue weighted by atomic mass is 19.1. The number of nitrogens with zero attached hydrogens (tertiary/aromatic N) is 4. The number of para-hydroxylation sites is 1. The first-order valence-corrected chi connectivity index (χ1v) is 7.82. The van der Waals surface area contributed by atoms with Crippen LogP contribution in [-0.4, -0.2) is 25.4 Å². The van der Waals surface area contributed by atoms with Crippen LogP contribution in [0.3, 0.4) is 0 Å². The van der Waals surface area contributed by atoms with Crippen LogP contribution in [0.4, 0.5) is 16.0 Å². The van der Waals surface area contributed by atoms with E-state index in [-0.39, 0.29) is 0 Å². The van der Waals surface area contributed by atoms with Gasteiger partial charge in [-0.25, -0.2) is 9.37 Å². The third-order valence-corrected chi connectivity index (χ3v) is 3.96. The molecular weight excluding hydrogens is 319 g/mol. The number of hydrogen-bond donors (Lipinski definition) is 2. The van der Waals surface area contributed by atoms with Gasteiger partial charge in [0, 0.05) is 10.9 Å². The van der Waals surface area contributed by atoms with E-state index in [9.17, 15) is 4.39 Å². The zero-order valence-corrected chi connectivity index (χ0v) is 13.5. The lowest BCUT2D eigenvalue weighted by Crippen LogP contribution is -2.04. The van der Waals surface area contributed by atoms with Crippen LogP contribution in [-0.2, 0) is 6.67 Å². The lowest BCUT2D eigenvalue weighted by Gasteiger charge is -2.09. The molecule has 0 radical (unpaired) electrons. The largest absolute Gasteiger partial charge is 0.321 e. The Kier molecular flexibility index (Phi) is 3.81. The van der Waals surface area contributed by atoms with Crippen LogP contribution in [0, 0.1) is 6.92 Å². The fraction of sp³-hybridized carbons (Fsp3) is 0.111. The first kappa shape index (κ1) is 15.2. The molecule has 0 bridgehead atoms. The van der Waals surface area contributed by atoms with E-state index in [2.05, 4.69) is 30.7 Å². The molecule has 4 aromatic rings. The minimum atomic E-state index is -0.583. The molecule has 0 saturated carbocycles. The van der Waals surface area contributed by atoms with Crippen molar-refractivity contribution in [3.63, 3.8) is 0 Å². The molecule has 124 valence electrons. The van der Waals surface area contributed by atoms with Crippen LogP contribution in [0.2, 0.25) is 0 Å². The van der Waals surface area contributed by atoms with E-state index in [1.165, 1.54) is 0 Å². The molecule has 7 heteroatoms. The highest BCUT2D eigenvalue weighted by Gasteiger charge is 2.13. The van der Waals surface area contributed by atoms with Crippen LogP contribution in [0.15, 0.2) is 48.5 Å². The number of aryl methyl sites for hydroxylation is 1. The van der Waals surface area contributed by atoms with Crippen LogP contribution in [0.1, 0.15) is 11.3 Å². The zero-order valence-electron chi connectivity index (χ0n) is 13.5. The van der Waals surface area contributed by atoms with Crippen molar-refractivity contribution in [2.75, 3.05) is 5.32 Å². The third kappa shape index (κ3) is 2.80. The summed E-state index contributed by atoms with van der Waals surface area (Å²) in [6.45, 7) is 1.22. The van der Waals surface area contributed by atoms with E-state index < -0.39 is 6.67 Å². The van der Waals surface area contributed by atoms with Crippen molar-refractivity contribution in [1.29, 1.82) is 0 Å². The second-order valence-electron chi connectivity index (χ2n) is 5.60. The van der Waals surface area contributed by atoms with Gasteiger partial charge in [0.1, 0.15) is 12.4 Å². The Morgan fingerprint density at radius 2 is 1.80 bits per heavy atom. The number of aromatic amines is 1. The maximum atomic E-state index is 13.2. The molecule has 2 aromatic carbocycles. The standard InChI is InChI=1S/C18H15FN6/c1-11-16(21-18-14-8-4-5-9-15(14)23-25-18)20-17(24-22-11)13-7-3-2-6-12(13)10-19/h2-9H,10H2,1H3,(H2,20,21,23,24,25). The number of hydrogen-bond acceptors (Lipinski definition) is 5. The topological polar surface area (TPSA) is 79.4 Å². The van der Waals surface area contributed by atoms with Gasteiger partial charge >= 0.3 is 0 Å². The molecule has 4 rings (SSSR count). The van der Waals surface area contributed by atoms with Gasteiger partial charge in [0.05, 0.1) is 5.52 Å². The second kappa shape index (κ2) is 6.27. The quantitative estimate of drug-likeness (QED) is 0.591. The van der Waals surface area contributed by atoms with Crippen molar-refractivity contribution in [2.45, 2.75) is 13.6 Å². The lowest BCUT2D eigenvalue weighted by molar-refractivity contribution is 0.486. The highest BCUT2D eigenvalue weighted by Crippen LogP contribution is 2.26. The van der Waals surface area contributed by atoms with Crippen LogP contribution in [0.5, 0.6) is 0 Å². The van der Waals surface area contributed by atoms with Gasteiger partial charge in [0.15, 0.2) is 17.5 Å². The van der Waals surface area contributed by atoms with Gasteiger partial charge in [-0.05, 0) is 24.6 Å². The molecule has 0 fully saturated rings. The summed E-state index contributed by atoms with van der Waals surface area (Å²) in [6, 6.07) is 14.9. The highest BCUT2D eigenvalue weighted by molar-refractivity contribution is 5.91. The normalized spacial score (nSPS) is 11.0. The van der Waals surface area contributed by atoms with Gasteiger partial charge in [-0.2, -0.15) is 5.10 Å². The Balaban J connectivity index is 1.75. The number of nitrogens with one attached hydrogen (secondary N) is 2. The fourth-order valence-corrected chi connectivity index (χ4v) is 2.64. The average Bonchev–Trinajstić information content (AvgIpc) is 3.06. The van der Waals surface area contributed by atoms with Gasteiger partial charge in [0.25, 0.3) is 0 Å². The Hall–Kier alpha value is -3.35. The predicted octanol–water partition coefficient (Wildman–Crippen LogP) is 3.94. The molecule has 2 N–H and O–H groups in total. The molecule has 0 unspecified atom stereocenters. The summed E-state index contributed by atoms with van der Waals surface area (Å²) < 4.78 is 13.2. The summed E-state index contributed by atoms with van der Waals surface area (Å²) in [4.78, 5) is 4.53. The molecule has 25 heavy (non-hydrogen) atoms. The Labute approximate surface area is 143 Å². The number of alkyl halides is 1. The molecule has 0 amide bonds. The van der Waals surface area contributed by atoms with Crippen molar-refractivity contribution in [3.05, 3.63) is 59.8 Å². The molecule has 0 aliphatic carbocycles. The molecule has 0 atom stereocenters. The first-order chi connectivity index (χ1) is 12.3. The van der Waals surface area contributed by atoms with Gasteiger partial charge < -0.3 is 5.32 Å². The van der Waals surface area contributed by atoms with E-state index in [0.29, 0.717) is 34.3 Å². The molecule has 2 heterocycles. The van der Waals surface area contributed by atoms with Crippen LogP contribution >= 0.6 is 0 Å². The SMILES string of the molecule is Cc1nnc(-c2ccccc2CF)nc1Nc1n[nH]c2ccccc12. The summed E-state index contributed by atoms with van der Waals surface area (Å²) in [5, 5.41) is 19.7. The maximum absolute atomic E-state index is 13.2. The number of aromatic nitrogens is 5. The van der Waals surface area contributed by atoms with Crippen molar-refractivity contribution in [1.82, 2.24) is 25.4 Å². The Bertz CT molecular complexity index is 1040. The van der Waals surface area contributed by atoms with E-state index in [1.54, 1.807) is 18.2 Å². The summed E-state index contributed by atoms with van der Waals surface area (Å²) >= 11 is 0.